The van der Waals surface area contributed by atoms with Gasteiger partial charge in [0.25, 0.3) is 0 Å². The van der Waals surface area contributed by atoms with Crippen molar-refractivity contribution in [3.8, 4) is 0 Å². The molecule has 0 bridgehead atoms. The minimum Gasteiger partial charge on any atom is -0.340 e. The van der Waals surface area contributed by atoms with Gasteiger partial charge in [0.1, 0.15) is 0 Å². The highest BCUT2D eigenvalue weighted by Crippen LogP contribution is 2.31. The van der Waals surface area contributed by atoms with Gasteiger partial charge in [0.2, 0.25) is 6.41 Å². The van der Waals surface area contributed by atoms with Gasteiger partial charge in [0, 0.05) is 54.1 Å². The first-order valence-corrected chi connectivity index (χ1v) is 12.7. The summed E-state index contributed by atoms with van der Waals surface area (Å²) in [5.74, 6) is 0.484. The second-order valence-electron chi connectivity index (χ2n) is 9.38. The van der Waals surface area contributed by atoms with Gasteiger partial charge in [-0.15, -0.1) is 0 Å². The number of fused-ring (bicyclic) bond motifs is 3. The van der Waals surface area contributed by atoms with Crippen molar-refractivity contribution in [2.24, 2.45) is 0 Å². The van der Waals surface area contributed by atoms with Gasteiger partial charge in [-0.25, -0.2) is 0 Å². The predicted molar refractivity (Wildman–Crippen MR) is 148 cm³/mol. The lowest BCUT2D eigenvalue weighted by atomic mass is 9.93. The maximum absolute atomic E-state index is 11.1. The molecule has 2 heterocycles. The van der Waals surface area contributed by atoms with Crippen molar-refractivity contribution in [1.82, 2.24) is 9.47 Å². The summed E-state index contributed by atoms with van der Waals surface area (Å²) >= 11 is 0. The monoisotopic (exact) mass is 472 g/mol. The number of aromatic nitrogens is 1. The number of nitrogens with zero attached hydrogens (tertiary/aromatic N) is 2. The minimum atomic E-state index is 0.484. The summed E-state index contributed by atoms with van der Waals surface area (Å²) in [5, 5.41) is 1.28. The first-order valence-electron chi connectivity index (χ1n) is 12.7. The number of rotatable bonds is 5. The standard InChI is InChI=1S/C19H18N2O.C14H14/c22-14-20-11-10-19-17(13-20)16-8-4-5-9-18(16)21(19)12-15-6-2-1-3-7-15;1-12(13-8-4-2-5-9-13)14-10-6-3-7-11-14/h1-9,14H,10-13H2;2-12H,1H3. The maximum atomic E-state index is 11.1. The Labute approximate surface area is 213 Å². The molecular formula is C33H32N2O. The van der Waals surface area contributed by atoms with Gasteiger partial charge in [0.15, 0.2) is 0 Å². The molecule has 0 radical (unpaired) electrons. The SMILES string of the molecule is CC(c1ccccc1)c1ccccc1.O=CN1CCc2c(c3ccccc3n2Cc2ccccc2)C1. The van der Waals surface area contributed by atoms with Crippen molar-refractivity contribution in [3.63, 3.8) is 0 Å². The highest BCUT2D eigenvalue weighted by atomic mass is 16.1. The van der Waals surface area contributed by atoms with Gasteiger partial charge in [-0.05, 0) is 22.8 Å². The first kappa shape index (κ1) is 23.6. The molecule has 1 aromatic heterocycles. The molecule has 4 aromatic carbocycles. The molecular weight excluding hydrogens is 440 g/mol. The Bertz CT molecular complexity index is 1370. The van der Waals surface area contributed by atoms with Gasteiger partial charge >= 0.3 is 0 Å². The average molecular weight is 473 g/mol. The van der Waals surface area contributed by atoms with Crippen LogP contribution in [0.2, 0.25) is 0 Å². The lowest BCUT2D eigenvalue weighted by Crippen LogP contribution is -2.29. The summed E-state index contributed by atoms with van der Waals surface area (Å²) in [6.45, 7) is 4.66. The fraction of sp³-hybridized carbons (Fsp3) is 0.182. The van der Waals surface area contributed by atoms with Gasteiger partial charge in [-0.3, -0.25) is 4.79 Å². The molecule has 1 amide bonds. The van der Waals surface area contributed by atoms with Crippen molar-refractivity contribution in [1.29, 1.82) is 0 Å². The fourth-order valence-electron chi connectivity index (χ4n) is 5.13. The van der Waals surface area contributed by atoms with Crippen LogP contribution in [0, 0.1) is 0 Å². The second-order valence-corrected chi connectivity index (χ2v) is 9.38. The van der Waals surface area contributed by atoms with Crippen LogP contribution in [0.3, 0.4) is 0 Å². The molecule has 0 saturated heterocycles. The largest absolute Gasteiger partial charge is 0.340 e. The van der Waals surface area contributed by atoms with E-state index in [1.165, 1.54) is 38.9 Å². The highest BCUT2D eigenvalue weighted by Gasteiger charge is 2.23. The summed E-state index contributed by atoms with van der Waals surface area (Å²) in [4.78, 5) is 13.0. The topological polar surface area (TPSA) is 25.2 Å². The van der Waals surface area contributed by atoms with Crippen LogP contribution in [0.25, 0.3) is 10.9 Å². The minimum absolute atomic E-state index is 0.484. The molecule has 0 N–H and O–H groups in total. The zero-order chi connectivity index (χ0) is 24.7. The summed E-state index contributed by atoms with van der Waals surface area (Å²) < 4.78 is 2.42. The van der Waals surface area contributed by atoms with Crippen molar-refractivity contribution < 1.29 is 4.79 Å². The van der Waals surface area contributed by atoms with E-state index in [0.29, 0.717) is 5.92 Å². The van der Waals surface area contributed by atoms with Gasteiger partial charge in [-0.1, -0.05) is 116 Å². The lowest BCUT2D eigenvalue weighted by molar-refractivity contribution is -0.118. The molecule has 6 rings (SSSR count). The quantitative estimate of drug-likeness (QED) is 0.252. The van der Waals surface area contributed by atoms with Crippen molar-refractivity contribution in [2.75, 3.05) is 6.54 Å². The molecule has 1 aliphatic rings. The molecule has 0 unspecified atom stereocenters. The molecule has 36 heavy (non-hydrogen) atoms. The van der Waals surface area contributed by atoms with E-state index in [1.54, 1.807) is 0 Å². The van der Waals surface area contributed by atoms with Crippen LogP contribution in [-0.2, 0) is 24.3 Å². The Kier molecular flexibility index (Phi) is 7.28. The van der Waals surface area contributed by atoms with E-state index >= 15 is 0 Å². The third kappa shape index (κ3) is 5.11. The van der Waals surface area contributed by atoms with Crippen LogP contribution < -0.4 is 0 Å². The van der Waals surface area contributed by atoms with E-state index in [2.05, 4.69) is 127 Å². The van der Waals surface area contributed by atoms with Crippen LogP contribution in [0.4, 0.5) is 0 Å². The fourth-order valence-corrected chi connectivity index (χ4v) is 5.13. The molecule has 5 aromatic rings. The Hall–Kier alpha value is -4.11. The Morgan fingerprint density at radius 1 is 0.750 bits per heavy atom. The number of para-hydroxylation sites is 1. The van der Waals surface area contributed by atoms with Gasteiger partial charge in [0.05, 0.1) is 0 Å². The molecule has 3 nitrogen and oxygen atoms in total. The van der Waals surface area contributed by atoms with Crippen LogP contribution >= 0.6 is 0 Å². The average Bonchev–Trinajstić information content (AvgIpc) is 3.27. The van der Waals surface area contributed by atoms with Crippen molar-refractivity contribution >= 4 is 17.3 Å². The molecule has 0 spiro atoms. The lowest BCUT2D eigenvalue weighted by Gasteiger charge is -2.24. The van der Waals surface area contributed by atoms with Crippen LogP contribution in [0.1, 0.15) is 40.8 Å². The van der Waals surface area contributed by atoms with E-state index in [9.17, 15) is 4.79 Å². The number of hydrogen-bond acceptors (Lipinski definition) is 1. The van der Waals surface area contributed by atoms with Crippen molar-refractivity contribution in [2.45, 2.75) is 32.4 Å². The normalized spacial score (nSPS) is 12.7. The first-order chi connectivity index (χ1) is 17.7. The van der Waals surface area contributed by atoms with Crippen molar-refractivity contribution in [3.05, 3.63) is 143 Å². The summed E-state index contributed by atoms with van der Waals surface area (Å²) in [6, 6.07) is 40.3. The third-order valence-corrected chi connectivity index (χ3v) is 7.12. The summed E-state index contributed by atoms with van der Waals surface area (Å²) in [6.07, 6.45) is 1.89. The predicted octanol–water partition coefficient (Wildman–Crippen LogP) is 7.04. The number of benzene rings is 4. The number of hydrogen-bond donors (Lipinski definition) is 0. The van der Waals surface area contributed by atoms with Gasteiger partial charge in [-0.2, -0.15) is 0 Å². The smallest absolute Gasteiger partial charge is 0.210 e. The zero-order valence-corrected chi connectivity index (χ0v) is 20.8. The molecule has 3 heteroatoms. The third-order valence-electron chi connectivity index (χ3n) is 7.12. The highest BCUT2D eigenvalue weighted by molar-refractivity contribution is 5.86. The molecule has 0 atom stereocenters. The van der Waals surface area contributed by atoms with E-state index in [-0.39, 0.29) is 0 Å². The molecule has 0 saturated carbocycles. The van der Waals surface area contributed by atoms with E-state index in [0.717, 1.165) is 32.5 Å². The zero-order valence-electron chi connectivity index (χ0n) is 20.8. The number of carbonyl (C=O) groups is 1. The molecule has 180 valence electrons. The second kappa shape index (κ2) is 11.1. The Morgan fingerprint density at radius 3 is 1.92 bits per heavy atom. The Balaban J connectivity index is 0.000000165. The summed E-state index contributed by atoms with van der Waals surface area (Å²) in [5.41, 5.74) is 8.01. The number of carbonyl (C=O) groups excluding carboxylic acids is 1. The van der Waals surface area contributed by atoms with E-state index in [1.807, 2.05) is 4.90 Å². The Morgan fingerprint density at radius 2 is 1.31 bits per heavy atom. The van der Waals surface area contributed by atoms with Crippen LogP contribution in [0.15, 0.2) is 115 Å². The van der Waals surface area contributed by atoms with Crippen LogP contribution in [0.5, 0.6) is 0 Å². The van der Waals surface area contributed by atoms with Gasteiger partial charge < -0.3 is 9.47 Å². The number of amides is 1. The van der Waals surface area contributed by atoms with Crippen LogP contribution in [-0.4, -0.2) is 22.4 Å². The molecule has 0 aliphatic carbocycles. The van der Waals surface area contributed by atoms with E-state index in [4.69, 9.17) is 0 Å². The molecule has 0 fully saturated rings. The summed E-state index contributed by atoms with van der Waals surface area (Å²) in [7, 11) is 0. The maximum Gasteiger partial charge on any atom is 0.210 e. The molecule has 1 aliphatic heterocycles. The van der Waals surface area contributed by atoms with E-state index < -0.39 is 0 Å².